The number of aryl methyl sites for hydroxylation is 2. The predicted molar refractivity (Wildman–Crippen MR) is 103 cm³/mol. The molecule has 3 aromatic rings. The van der Waals surface area contributed by atoms with Gasteiger partial charge in [0.05, 0.1) is 10.9 Å². The van der Waals surface area contributed by atoms with Crippen molar-refractivity contribution in [2.45, 2.75) is 31.2 Å². The van der Waals surface area contributed by atoms with Crippen molar-refractivity contribution in [2.75, 3.05) is 0 Å². The maximum absolute atomic E-state index is 12.9. The molecule has 0 aliphatic carbocycles. The molecule has 1 unspecified atom stereocenters. The highest BCUT2D eigenvalue weighted by atomic mass is 32.2. The Balaban J connectivity index is 1.95. The smallest absolute Gasteiger partial charge is 0.207 e. The summed E-state index contributed by atoms with van der Waals surface area (Å²) in [6.45, 7) is 4.06. The minimum Gasteiger partial charge on any atom is -0.207 e. The Morgan fingerprint density at radius 2 is 1.68 bits per heavy atom. The molecule has 1 heterocycles. The number of hydrogen-bond donors (Lipinski definition) is 1. The van der Waals surface area contributed by atoms with E-state index >= 15 is 0 Å². The van der Waals surface area contributed by atoms with Gasteiger partial charge in [-0.1, -0.05) is 55.0 Å². The third-order valence-electron chi connectivity index (χ3n) is 4.15. The largest absolute Gasteiger partial charge is 0.241 e. The first-order chi connectivity index (χ1) is 12.0. The lowest BCUT2D eigenvalue weighted by Crippen LogP contribution is -2.29. The van der Waals surface area contributed by atoms with E-state index in [1.165, 1.54) is 0 Å². The Labute approximate surface area is 153 Å². The molecular weight excluding hydrogens is 350 g/mol. The van der Waals surface area contributed by atoms with Gasteiger partial charge >= 0.3 is 0 Å². The average Bonchev–Trinajstić information content (AvgIpc) is 3.15. The molecule has 0 aliphatic heterocycles. The van der Waals surface area contributed by atoms with E-state index in [0.717, 1.165) is 28.0 Å². The van der Waals surface area contributed by atoms with Crippen molar-refractivity contribution in [3.8, 4) is 0 Å². The Kier molecular flexibility index (Phi) is 5.37. The highest BCUT2D eigenvalue weighted by Crippen LogP contribution is 2.28. The number of hydrogen-bond acceptors (Lipinski definition) is 3. The fraction of sp³-hybridized carbons (Fsp3) is 0.200. The minimum atomic E-state index is -3.61. The standard InChI is InChI=1S/C20H21NO2S2/c1-3-16-8-12-18(13-9-16)25(22,23)21-20(19-5-4-14-24-19)17-10-6-15(2)7-11-17/h4-14,20-21H,3H2,1-2H3. The van der Waals surface area contributed by atoms with E-state index in [1.54, 1.807) is 23.5 Å². The number of sulfonamides is 1. The van der Waals surface area contributed by atoms with Crippen LogP contribution in [0.25, 0.3) is 0 Å². The molecule has 0 bridgehead atoms. The second kappa shape index (κ2) is 7.52. The van der Waals surface area contributed by atoms with Crippen molar-refractivity contribution in [3.63, 3.8) is 0 Å². The van der Waals surface area contributed by atoms with Gasteiger partial charge in [0.15, 0.2) is 0 Å². The van der Waals surface area contributed by atoms with Gasteiger partial charge in [0.1, 0.15) is 0 Å². The quantitative estimate of drug-likeness (QED) is 0.683. The molecular formula is C20H21NO2S2. The van der Waals surface area contributed by atoms with Crippen LogP contribution in [-0.2, 0) is 16.4 Å². The van der Waals surface area contributed by atoms with E-state index in [1.807, 2.05) is 67.8 Å². The molecule has 25 heavy (non-hydrogen) atoms. The van der Waals surface area contributed by atoms with Gasteiger partial charge in [-0.05, 0) is 48.1 Å². The van der Waals surface area contributed by atoms with E-state index in [2.05, 4.69) is 4.72 Å². The van der Waals surface area contributed by atoms with Crippen molar-refractivity contribution in [1.29, 1.82) is 0 Å². The van der Waals surface area contributed by atoms with Crippen LogP contribution in [0.1, 0.15) is 34.5 Å². The van der Waals surface area contributed by atoms with E-state index in [9.17, 15) is 8.42 Å². The highest BCUT2D eigenvalue weighted by Gasteiger charge is 2.23. The maximum Gasteiger partial charge on any atom is 0.241 e. The molecule has 0 spiro atoms. The molecule has 1 atom stereocenters. The Bertz CT molecular complexity index is 913. The molecule has 0 amide bonds. The third-order valence-corrected chi connectivity index (χ3v) is 6.53. The summed E-state index contributed by atoms with van der Waals surface area (Å²) in [7, 11) is -3.61. The molecule has 5 heteroatoms. The summed E-state index contributed by atoms with van der Waals surface area (Å²) in [6, 6.07) is 18.5. The van der Waals surface area contributed by atoms with Crippen LogP contribution in [0.15, 0.2) is 70.9 Å². The molecule has 1 aromatic heterocycles. The normalized spacial score (nSPS) is 12.9. The van der Waals surface area contributed by atoms with Crippen molar-refractivity contribution < 1.29 is 8.42 Å². The Morgan fingerprint density at radius 1 is 1.00 bits per heavy atom. The summed E-state index contributed by atoms with van der Waals surface area (Å²) in [4.78, 5) is 1.26. The number of thiophene rings is 1. The molecule has 0 fully saturated rings. The summed E-state index contributed by atoms with van der Waals surface area (Å²) < 4.78 is 28.6. The van der Waals surface area contributed by atoms with Gasteiger partial charge in [0, 0.05) is 4.88 Å². The second-order valence-electron chi connectivity index (χ2n) is 5.98. The number of rotatable bonds is 6. The average molecular weight is 372 g/mol. The first-order valence-corrected chi connectivity index (χ1v) is 10.6. The topological polar surface area (TPSA) is 46.2 Å². The van der Waals surface area contributed by atoms with Crippen LogP contribution < -0.4 is 4.72 Å². The first-order valence-electron chi connectivity index (χ1n) is 8.21. The van der Waals surface area contributed by atoms with Crippen molar-refractivity contribution in [3.05, 3.63) is 87.6 Å². The van der Waals surface area contributed by atoms with E-state index in [4.69, 9.17) is 0 Å². The van der Waals surface area contributed by atoms with Crippen LogP contribution in [0.2, 0.25) is 0 Å². The van der Waals surface area contributed by atoms with Crippen LogP contribution in [0, 0.1) is 6.92 Å². The molecule has 0 saturated heterocycles. The van der Waals surface area contributed by atoms with Crippen LogP contribution in [0.3, 0.4) is 0 Å². The summed E-state index contributed by atoms with van der Waals surface area (Å²) in [5.74, 6) is 0. The zero-order chi connectivity index (χ0) is 17.9. The molecule has 2 aromatic carbocycles. The Hall–Kier alpha value is -1.95. The van der Waals surface area contributed by atoms with Gasteiger partial charge in [0.2, 0.25) is 10.0 Å². The molecule has 130 valence electrons. The van der Waals surface area contributed by atoms with Crippen LogP contribution in [0.4, 0.5) is 0 Å². The second-order valence-corrected chi connectivity index (χ2v) is 8.67. The predicted octanol–water partition coefficient (Wildman–Crippen LogP) is 4.69. The molecule has 1 N–H and O–H groups in total. The summed E-state index contributed by atoms with van der Waals surface area (Å²) in [5, 5.41) is 1.96. The van der Waals surface area contributed by atoms with Crippen molar-refractivity contribution in [2.24, 2.45) is 0 Å². The first kappa shape index (κ1) is 17.9. The zero-order valence-corrected chi connectivity index (χ0v) is 15.9. The van der Waals surface area contributed by atoms with Crippen LogP contribution >= 0.6 is 11.3 Å². The lowest BCUT2D eigenvalue weighted by atomic mass is 10.0. The molecule has 0 aliphatic rings. The third kappa shape index (κ3) is 4.18. The van der Waals surface area contributed by atoms with Crippen molar-refractivity contribution >= 4 is 21.4 Å². The zero-order valence-electron chi connectivity index (χ0n) is 14.3. The van der Waals surface area contributed by atoms with Crippen LogP contribution in [-0.4, -0.2) is 8.42 Å². The monoisotopic (exact) mass is 371 g/mol. The summed E-state index contributed by atoms with van der Waals surface area (Å²) in [6.07, 6.45) is 0.884. The van der Waals surface area contributed by atoms with E-state index in [0.29, 0.717) is 4.90 Å². The minimum absolute atomic E-state index is 0.290. The highest BCUT2D eigenvalue weighted by molar-refractivity contribution is 7.89. The lowest BCUT2D eigenvalue weighted by Gasteiger charge is -2.18. The Morgan fingerprint density at radius 3 is 2.24 bits per heavy atom. The van der Waals surface area contributed by atoms with Gasteiger partial charge in [0.25, 0.3) is 0 Å². The van der Waals surface area contributed by atoms with Gasteiger partial charge in [-0.15, -0.1) is 11.3 Å². The maximum atomic E-state index is 12.9. The fourth-order valence-electron chi connectivity index (χ4n) is 2.63. The van der Waals surface area contributed by atoms with Gasteiger partial charge in [-0.2, -0.15) is 4.72 Å². The summed E-state index contributed by atoms with van der Waals surface area (Å²) in [5.41, 5.74) is 3.20. The van der Waals surface area contributed by atoms with Gasteiger partial charge in [-0.3, -0.25) is 0 Å². The SMILES string of the molecule is CCc1ccc(S(=O)(=O)NC(c2ccc(C)cc2)c2cccs2)cc1. The molecule has 0 saturated carbocycles. The van der Waals surface area contributed by atoms with Gasteiger partial charge in [-0.25, -0.2) is 8.42 Å². The van der Waals surface area contributed by atoms with Gasteiger partial charge < -0.3 is 0 Å². The number of benzene rings is 2. The molecule has 3 rings (SSSR count). The summed E-state index contributed by atoms with van der Waals surface area (Å²) >= 11 is 1.55. The van der Waals surface area contributed by atoms with Crippen molar-refractivity contribution in [1.82, 2.24) is 4.72 Å². The van der Waals surface area contributed by atoms with E-state index < -0.39 is 16.1 Å². The van der Waals surface area contributed by atoms with Crippen LogP contribution in [0.5, 0.6) is 0 Å². The van der Waals surface area contributed by atoms with E-state index in [-0.39, 0.29) is 0 Å². The lowest BCUT2D eigenvalue weighted by molar-refractivity contribution is 0.573. The molecule has 0 radical (unpaired) electrons. The fourth-order valence-corrected chi connectivity index (χ4v) is 4.71. The molecule has 3 nitrogen and oxygen atoms in total. The number of nitrogens with one attached hydrogen (secondary N) is 1.